The molecule has 1 N–H and O–H groups in total. The first-order chi connectivity index (χ1) is 17.5. The Morgan fingerprint density at radius 1 is 1.00 bits per heavy atom. The van der Waals surface area contributed by atoms with Gasteiger partial charge in [-0.1, -0.05) is 47.3 Å². The second-order valence-electron chi connectivity index (χ2n) is 9.57. The summed E-state index contributed by atoms with van der Waals surface area (Å²) in [6, 6.07) is 14.9. The van der Waals surface area contributed by atoms with Crippen LogP contribution >= 0.6 is 11.6 Å². The van der Waals surface area contributed by atoms with Crippen molar-refractivity contribution in [3.05, 3.63) is 71.0 Å². The fourth-order valence-electron chi connectivity index (χ4n) is 5.12. The van der Waals surface area contributed by atoms with Crippen molar-refractivity contribution >= 4 is 22.5 Å². The van der Waals surface area contributed by atoms with Crippen molar-refractivity contribution in [2.24, 2.45) is 0 Å². The number of hydrogen-bond donors (Lipinski definition) is 1. The number of aromatic nitrogens is 2. The van der Waals surface area contributed by atoms with Gasteiger partial charge in [0, 0.05) is 40.5 Å². The lowest BCUT2D eigenvalue weighted by atomic mass is 9.97. The third-order valence-corrected chi connectivity index (χ3v) is 7.13. The van der Waals surface area contributed by atoms with Gasteiger partial charge >= 0.3 is 0 Å². The van der Waals surface area contributed by atoms with Crippen LogP contribution in [0, 0.1) is 13.8 Å². The highest BCUT2D eigenvalue weighted by atomic mass is 35.5. The van der Waals surface area contributed by atoms with Gasteiger partial charge in [-0.05, 0) is 69.5 Å². The molecule has 4 aromatic rings. The largest absolute Gasteiger partial charge is 0.492 e. The summed E-state index contributed by atoms with van der Waals surface area (Å²) in [5.41, 5.74) is 6.97. The molecule has 3 heterocycles. The van der Waals surface area contributed by atoms with Crippen LogP contribution in [0.15, 0.2) is 54.9 Å². The number of benzene rings is 2. The average Bonchev–Trinajstić information content (AvgIpc) is 2.88. The van der Waals surface area contributed by atoms with Gasteiger partial charge in [0.05, 0.1) is 24.3 Å². The number of pyridine rings is 2. The highest BCUT2D eigenvalue weighted by Gasteiger charge is 2.19. The second-order valence-corrected chi connectivity index (χ2v) is 9.98. The van der Waals surface area contributed by atoms with Gasteiger partial charge in [-0.15, -0.1) is 0 Å². The summed E-state index contributed by atoms with van der Waals surface area (Å²) < 4.78 is 12.1. The van der Waals surface area contributed by atoms with E-state index in [0.717, 1.165) is 51.9 Å². The average molecular weight is 502 g/mol. The summed E-state index contributed by atoms with van der Waals surface area (Å²) in [6.07, 6.45) is 8.32. The van der Waals surface area contributed by atoms with Gasteiger partial charge in [-0.25, -0.2) is 4.98 Å². The molecule has 5 rings (SSSR count). The number of fused-ring (bicyclic) bond motifs is 1. The Morgan fingerprint density at radius 3 is 2.58 bits per heavy atom. The van der Waals surface area contributed by atoms with Crippen molar-refractivity contribution in [1.29, 1.82) is 0 Å². The predicted octanol–water partition coefficient (Wildman–Crippen LogP) is 7.15. The summed E-state index contributed by atoms with van der Waals surface area (Å²) in [7, 11) is 1.62. The Labute approximate surface area is 217 Å². The number of nitrogens with zero attached hydrogens (tertiary/aromatic N) is 2. The summed E-state index contributed by atoms with van der Waals surface area (Å²) in [4.78, 5) is 9.16. The number of halogens is 1. The van der Waals surface area contributed by atoms with Gasteiger partial charge in [0.2, 0.25) is 5.88 Å². The molecule has 0 amide bonds. The van der Waals surface area contributed by atoms with Gasteiger partial charge in [-0.3, -0.25) is 4.98 Å². The van der Waals surface area contributed by atoms with E-state index < -0.39 is 0 Å². The van der Waals surface area contributed by atoms with Crippen LogP contribution in [0.25, 0.3) is 33.2 Å². The molecule has 0 bridgehead atoms. The van der Waals surface area contributed by atoms with Crippen LogP contribution in [0.3, 0.4) is 0 Å². The van der Waals surface area contributed by atoms with E-state index in [1.54, 1.807) is 13.3 Å². The summed E-state index contributed by atoms with van der Waals surface area (Å²) >= 11 is 6.75. The van der Waals surface area contributed by atoms with Crippen molar-refractivity contribution in [3.63, 3.8) is 0 Å². The number of piperidine rings is 1. The quantitative estimate of drug-likeness (QED) is 0.291. The van der Waals surface area contributed by atoms with Crippen LogP contribution < -0.4 is 14.8 Å². The first-order valence-electron chi connectivity index (χ1n) is 12.6. The van der Waals surface area contributed by atoms with Gasteiger partial charge in [-0.2, -0.15) is 0 Å². The standard InChI is InChI=1S/C30H32ClN3O2/c1-19-13-20(2)15-21(14-19)26-18-34-28-17-27(31)24(23-8-6-11-33-30(23)35-3)16-25(28)29(26)36-12-9-22-7-4-5-10-32-22/h6,8,11,13-18,22,32H,4-5,7,9-10,12H2,1-3H3/t22-/m1/s1. The normalized spacial score (nSPS) is 15.7. The molecule has 1 saturated heterocycles. The molecule has 5 nitrogen and oxygen atoms in total. The molecule has 2 aromatic heterocycles. The molecule has 36 heavy (non-hydrogen) atoms. The summed E-state index contributed by atoms with van der Waals surface area (Å²) in [6.45, 7) is 5.95. The highest BCUT2D eigenvalue weighted by Crippen LogP contribution is 2.42. The number of aryl methyl sites for hydroxylation is 2. The van der Waals surface area contributed by atoms with Crippen molar-refractivity contribution < 1.29 is 9.47 Å². The molecule has 0 spiro atoms. The van der Waals surface area contributed by atoms with Crippen molar-refractivity contribution in [2.75, 3.05) is 20.3 Å². The number of nitrogens with one attached hydrogen (secondary N) is 1. The summed E-state index contributed by atoms with van der Waals surface area (Å²) in [5.74, 6) is 1.37. The van der Waals surface area contributed by atoms with Crippen molar-refractivity contribution in [2.45, 2.75) is 45.6 Å². The van der Waals surface area contributed by atoms with E-state index in [1.165, 1.54) is 30.4 Å². The second kappa shape index (κ2) is 10.9. The first kappa shape index (κ1) is 24.5. The maximum atomic E-state index is 6.75. The zero-order valence-corrected chi connectivity index (χ0v) is 21.9. The molecule has 6 heteroatoms. The number of hydrogen-bond acceptors (Lipinski definition) is 5. The lowest BCUT2D eigenvalue weighted by molar-refractivity contribution is 0.271. The van der Waals surface area contributed by atoms with Gasteiger partial charge in [0.25, 0.3) is 0 Å². The van der Waals surface area contributed by atoms with E-state index in [9.17, 15) is 0 Å². The van der Waals surface area contributed by atoms with Gasteiger partial charge < -0.3 is 14.8 Å². The summed E-state index contributed by atoms with van der Waals surface area (Å²) in [5, 5.41) is 5.14. The molecule has 0 unspecified atom stereocenters. The highest BCUT2D eigenvalue weighted by molar-refractivity contribution is 6.34. The Morgan fingerprint density at radius 2 is 1.83 bits per heavy atom. The minimum atomic E-state index is 0.501. The maximum Gasteiger partial charge on any atom is 0.221 e. The van der Waals surface area contributed by atoms with Crippen LogP contribution in [0.1, 0.15) is 36.8 Å². The maximum absolute atomic E-state index is 6.75. The van der Waals surface area contributed by atoms with Gasteiger partial charge in [0.1, 0.15) is 5.75 Å². The van der Waals surface area contributed by atoms with Gasteiger partial charge in [0.15, 0.2) is 0 Å². The van der Waals surface area contributed by atoms with Crippen LogP contribution in [0.2, 0.25) is 5.02 Å². The van der Waals surface area contributed by atoms with Crippen LogP contribution in [-0.2, 0) is 0 Å². The molecule has 0 radical (unpaired) electrons. The molecular formula is C30H32ClN3O2. The van der Waals surface area contributed by atoms with Crippen LogP contribution in [0.4, 0.5) is 0 Å². The molecule has 1 atom stereocenters. The lowest BCUT2D eigenvalue weighted by Crippen LogP contribution is -2.35. The monoisotopic (exact) mass is 501 g/mol. The molecule has 1 aliphatic rings. The number of rotatable bonds is 7. The minimum absolute atomic E-state index is 0.501. The first-order valence-corrected chi connectivity index (χ1v) is 13.0. The van der Waals surface area contributed by atoms with E-state index in [0.29, 0.717) is 23.6 Å². The van der Waals surface area contributed by atoms with E-state index in [-0.39, 0.29) is 0 Å². The Kier molecular flexibility index (Phi) is 7.40. The molecule has 186 valence electrons. The number of ether oxygens (including phenoxy) is 2. The van der Waals surface area contributed by atoms with Crippen molar-refractivity contribution in [1.82, 2.24) is 15.3 Å². The molecule has 0 aliphatic carbocycles. The zero-order chi connectivity index (χ0) is 25.1. The number of methoxy groups -OCH3 is 1. The molecular weight excluding hydrogens is 470 g/mol. The lowest BCUT2D eigenvalue weighted by Gasteiger charge is -2.24. The van der Waals surface area contributed by atoms with E-state index in [2.05, 4.69) is 48.4 Å². The fraction of sp³-hybridized carbons (Fsp3) is 0.333. The zero-order valence-electron chi connectivity index (χ0n) is 21.1. The smallest absolute Gasteiger partial charge is 0.221 e. The van der Waals surface area contributed by atoms with E-state index in [1.807, 2.05) is 24.4 Å². The Hall–Kier alpha value is -3.15. The SMILES string of the molecule is COc1ncccc1-c1cc2c(OCC[C@H]3CCCCN3)c(-c3cc(C)cc(C)c3)cnc2cc1Cl. The van der Waals surface area contributed by atoms with E-state index >= 15 is 0 Å². The van der Waals surface area contributed by atoms with Crippen LogP contribution in [0.5, 0.6) is 11.6 Å². The molecule has 2 aromatic carbocycles. The third kappa shape index (κ3) is 5.18. The molecule has 1 fully saturated rings. The fourth-order valence-corrected chi connectivity index (χ4v) is 5.38. The molecule has 0 saturated carbocycles. The van der Waals surface area contributed by atoms with Crippen molar-refractivity contribution in [3.8, 4) is 33.9 Å². The van der Waals surface area contributed by atoms with Crippen LogP contribution in [-0.4, -0.2) is 36.3 Å². The Balaban J connectivity index is 1.63. The predicted molar refractivity (Wildman–Crippen MR) is 147 cm³/mol. The molecule has 1 aliphatic heterocycles. The third-order valence-electron chi connectivity index (χ3n) is 6.82. The Bertz CT molecular complexity index is 1360. The minimum Gasteiger partial charge on any atom is -0.492 e. The topological polar surface area (TPSA) is 56.3 Å². The van der Waals surface area contributed by atoms with E-state index in [4.69, 9.17) is 26.1 Å².